The predicted molar refractivity (Wildman–Crippen MR) is 53.7 cm³/mol. The predicted octanol–water partition coefficient (Wildman–Crippen LogP) is -3.38. The fourth-order valence-corrected chi connectivity index (χ4v) is 1.38. The quantitative estimate of drug-likeness (QED) is 0.275. The molecule has 0 unspecified atom stereocenters. The standard InChI is InChI=1S/C7H14N2O5S/c8-7(15)9-1-2-3(10)4(11)5(12)6(13)14-2/h2-6,10-13H,1H2,(H3,8,9,15)/t2-,3-,4+,5-,6+/m1/s1. The molecular formula is C7H14N2O5S. The number of aliphatic hydroxyl groups is 4. The second kappa shape index (κ2) is 5.01. The third-order valence-electron chi connectivity index (χ3n) is 2.16. The molecule has 1 heterocycles. The molecule has 1 aliphatic rings. The van der Waals surface area contributed by atoms with E-state index in [1.165, 1.54) is 0 Å². The molecule has 5 atom stereocenters. The van der Waals surface area contributed by atoms with Gasteiger partial charge in [-0.3, -0.25) is 0 Å². The molecule has 0 aromatic rings. The minimum atomic E-state index is -1.54. The average molecular weight is 238 g/mol. The number of aliphatic hydroxyl groups excluding tert-OH is 4. The van der Waals surface area contributed by atoms with Gasteiger partial charge in [0.05, 0.1) is 0 Å². The highest BCUT2D eigenvalue weighted by molar-refractivity contribution is 7.80. The highest BCUT2D eigenvalue weighted by Crippen LogP contribution is 2.19. The van der Waals surface area contributed by atoms with Crippen molar-refractivity contribution in [3.8, 4) is 0 Å². The lowest BCUT2D eigenvalue weighted by atomic mass is 9.99. The third kappa shape index (κ3) is 2.97. The fraction of sp³-hybridized carbons (Fsp3) is 0.857. The van der Waals surface area contributed by atoms with Crippen LogP contribution >= 0.6 is 12.2 Å². The Balaban J connectivity index is 2.54. The van der Waals surface area contributed by atoms with Crippen LogP contribution in [0.15, 0.2) is 0 Å². The van der Waals surface area contributed by atoms with Gasteiger partial charge >= 0.3 is 0 Å². The Kier molecular flexibility index (Phi) is 4.20. The lowest BCUT2D eigenvalue weighted by molar-refractivity contribution is -0.279. The highest BCUT2D eigenvalue weighted by Gasteiger charge is 2.42. The molecule has 0 radical (unpaired) electrons. The van der Waals surface area contributed by atoms with Gasteiger partial charge in [-0.1, -0.05) is 0 Å². The van der Waals surface area contributed by atoms with Gasteiger partial charge in [0, 0.05) is 6.54 Å². The van der Waals surface area contributed by atoms with Crippen LogP contribution < -0.4 is 11.1 Å². The molecule has 7 N–H and O–H groups in total. The fourth-order valence-electron chi connectivity index (χ4n) is 1.30. The molecule has 0 amide bonds. The van der Waals surface area contributed by atoms with E-state index in [0.29, 0.717) is 0 Å². The second-order valence-corrected chi connectivity index (χ2v) is 3.72. The molecule has 8 heteroatoms. The molecule has 1 aliphatic heterocycles. The summed E-state index contributed by atoms with van der Waals surface area (Å²) in [6.45, 7) is 0.0390. The monoisotopic (exact) mass is 238 g/mol. The zero-order valence-corrected chi connectivity index (χ0v) is 8.59. The molecule has 0 spiro atoms. The Hall–Kier alpha value is -0.510. The number of nitrogens with one attached hydrogen (secondary N) is 1. The van der Waals surface area contributed by atoms with E-state index in [2.05, 4.69) is 17.5 Å². The summed E-state index contributed by atoms with van der Waals surface area (Å²) in [5.74, 6) is 0. The maximum Gasteiger partial charge on any atom is 0.184 e. The van der Waals surface area contributed by atoms with E-state index in [-0.39, 0.29) is 11.7 Å². The van der Waals surface area contributed by atoms with Crippen LogP contribution in [-0.4, -0.2) is 62.8 Å². The van der Waals surface area contributed by atoms with Crippen LogP contribution in [0.25, 0.3) is 0 Å². The van der Waals surface area contributed by atoms with Gasteiger partial charge in [-0.05, 0) is 12.2 Å². The largest absolute Gasteiger partial charge is 0.388 e. The molecule has 1 fully saturated rings. The van der Waals surface area contributed by atoms with Gasteiger partial charge in [0.25, 0.3) is 0 Å². The summed E-state index contributed by atoms with van der Waals surface area (Å²) in [7, 11) is 0. The van der Waals surface area contributed by atoms with Gasteiger partial charge in [-0.2, -0.15) is 0 Å². The van der Waals surface area contributed by atoms with Crippen molar-refractivity contribution in [1.82, 2.24) is 5.32 Å². The normalized spacial score (nSPS) is 41.2. The number of hydrogen-bond acceptors (Lipinski definition) is 6. The summed E-state index contributed by atoms with van der Waals surface area (Å²) >= 11 is 4.54. The molecule has 0 aromatic carbocycles. The number of rotatable bonds is 2. The van der Waals surface area contributed by atoms with Crippen molar-refractivity contribution in [2.24, 2.45) is 5.73 Å². The summed E-state index contributed by atoms with van der Waals surface area (Å²) in [6.07, 6.45) is -6.74. The Labute approximate surface area is 91.5 Å². The van der Waals surface area contributed by atoms with Crippen molar-refractivity contribution in [1.29, 1.82) is 0 Å². The lowest BCUT2D eigenvalue weighted by Gasteiger charge is -2.38. The van der Waals surface area contributed by atoms with E-state index in [0.717, 1.165) is 0 Å². The first-order chi connectivity index (χ1) is 6.93. The van der Waals surface area contributed by atoms with Crippen molar-refractivity contribution in [3.63, 3.8) is 0 Å². The van der Waals surface area contributed by atoms with Gasteiger partial charge in [0.2, 0.25) is 0 Å². The summed E-state index contributed by atoms with van der Waals surface area (Å²) in [6, 6.07) is 0. The molecule has 0 saturated carbocycles. The number of nitrogens with two attached hydrogens (primary N) is 1. The molecule has 1 saturated heterocycles. The average Bonchev–Trinajstić information content (AvgIpc) is 2.18. The zero-order valence-electron chi connectivity index (χ0n) is 7.78. The van der Waals surface area contributed by atoms with Crippen molar-refractivity contribution in [2.45, 2.75) is 30.7 Å². The Morgan fingerprint density at radius 2 is 1.80 bits per heavy atom. The van der Waals surface area contributed by atoms with Crippen LogP contribution in [0.2, 0.25) is 0 Å². The molecule has 7 nitrogen and oxygen atoms in total. The summed E-state index contributed by atoms with van der Waals surface area (Å²) in [5, 5.41) is 39.6. The van der Waals surface area contributed by atoms with E-state index in [9.17, 15) is 10.2 Å². The molecule has 0 aromatic heterocycles. The first-order valence-corrected chi connectivity index (χ1v) is 4.75. The second-order valence-electron chi connectivity index (χ2n) is 3.28. The van der Waals surface area contributed by atoms with Crippen LogP contribution in [0.5, 0.6) is 0 Å². The number of hydrogen-bond donors (Lipinski definition) is 6. The minimum Gasteiger partial charge on any atom is -0.388 e. The van der Waals surface area contributed by atoms with E-state index in [1.54, 1.807) is 0 Å². The van der Waals surface area contributed by atoms with Gasteiger partial charge < -0.3 is 36.2 Å². The van der Waals surface area contributed by atoms with E-state index < -0.39 is 30.7 Å². The minimum absolute atomic E-state index is 0.0147. The number of ether oxygens (including phenoxy) is 1. The van der Waals surface area contributed by atoms with Crippen LogP contribution in [0.3, 0.4) is 0 Å². The first kappa shape index (κ1) is 12.6. The van der Waals surface area contributed by atoms with Gasteiger partial charge in [0.1, 0.15) is 24.4 Å². The SMILES string of the molecule is NC(=S)NC[C@H]1O[C@H](O)[C@H](O)[C@@H](O)[C@@H]1O. The van der Waals surface area contributed by atoms with Crippen molar-refractivity contribution in [3.05, 3.63) is 0 Å². The number of thiocarbonyl (C=S) groups is 1. The first-order valence-electron chi connectivity index (χ1n) is 4.34. The van der Waals surface area contributed by atoms with Crippen LogP contribution in [0, 0.1) is 0 Å². The van der Waals surface area contributed by atoms with Gasteiger partial charge in [0.15, 0.2) is 11.4 Å². The molecule has 0 bridgehead atoms. The van der Waals surface area contributed by atoms with E-state index in [4.69, 9.17) is 20.7 Å². The molecule has 15 heavy (non-hydrogen) atoms. The maximum absolute atomic E-state index is 9.47. The van der Waals surface area contributed by atoms with E-state index >= 15 is 0 Å². The Bertz CT molecular complexity index is 241. The smallest absolute Gasteiger partial charge is 0.184 e. The van der Waals surface area contributed by atoms with Crippen molar-refractivity contribution in [2.75, 3.05) is 6.54 Å². The summed E-state index contributed by atoms with van der Waals surface area (Å²) in [4.78, 5) is 0. The Morgan fingerprint density at radius 1 is 1.20 bits per heavy atom. The van der Waals surface area contributed by atoms with Crippen molar-refractivity contribution >= 4 is 17.3 Å². The lowest BCUT2D eigenvalue weighted by Crippen LogP contribution is -2.60. The zero-order chi connectivity index (χ0) is 11.6. The molecule has 0 aliphatic carbocycles. The third-order valence-corrected chi connectivity index (χ3v) is 2.31. The van der Waals surface area contributed by atoms with Crippen molar-refractivity contribution < 1.29 is 25.2 Å². The summed E-state index contributed by atoms with van der Waals surface area (Å²) < 4.78 is 4.85. The molecule has 88 valence electrons. The topological polar surface area (TPSA) is 128 Å². The van der Waals surface area contributed by atoms with Crippen LogP contribution in [-0.2, 0) is 4.74 Å². The molecular weight excluding hydrogens is 224 g/mol. The molecule has 1 rings (SSSR count). The summed E-state index contributed by atoms with van der Waals surface area (Å²) in [5.41, 5.74) is 5.16. The van der Waals surface area contributed by atoms with Crippen LogP contribution in [0.4, 0.5) is 0 Å². The maximum atomic E-state index is 9.47. The Morgan fingerprint density at radius 3 is 2.33 bits per heavy atom. The van der Waals surface area contributed by atoms with Gasteiger partial charge in [-0.15, -0.1) is 0 Å². The van der Waals surface area contributed by atoms with Crippen LogP contribution in [0.1, 0.15) is 0 Å². The highest BCUT2D eigenvalue weighted by atomic mass is 32.1. The van der Waals surface area contributed by atoms with Gasteiger partial charge in [-0.25, -0.2) is 0 Å². The van der Waals surface area contributed by atoms with E-state index in [1.807, 2.05) is 0 Å².